The molecule has 0 aliphatic rings. The van der Waals surface area contributed by atoms with Crippen molar-refractivity contribution in [3.8, 4) is 0 Å². The van der Waals surface area contributed by atoms with Gasteiger partial charge in [-0.3, -0.25) is 9.79 Å². The molecule has 0 aromatic carbocycles. The summed E-state index contributed by atoms with van der Waals surface area (Å²) in [5, 5.41) is 11.4. The van der Waals surface area contributed by atoms with E-state index in [4.69, 9.17) is 26.7 Å². The number of aliphatic hydroxyl groups is 1. The standard InChI is InChI=1S/C13H22N6O5/c1-23-12(22)8(3-2-4-17-13(15)16)18-10(21)9-6-24-11(19-9)7(14)5-20/h6-8,20H,2-5,14H2,1H3,(H,18,21)(H4,15,16,17). The van der Waals surface area contributed by atoms with Crippen molar-refractivity contribution in [1.29, 1.82) is 0 Å². The van der Waals surface area contributed by atoms with Crippen molar-refractivity contribution >= 4 is 17.8 Å². The summed E-state index contributed by atoms with van der Waals surface area (Å²) in [5.41, 5.74) is 15.9. The number of guanidine groups is 1. The number of amides is 1. The van der Waals surface area contributed by atoms with Crippen LogP contribution in [0.5, 0.6) is 0 Å². The number of esters is 1. The van der Waals surface area contributed by atoms with Crippen LogP contribution in [0.1, 0.15) is 35.3 Å². The minimum atomic E-state index is -0.886. The minimum Gasteiger partial charge on any atom is -0.467 e. The predicted octanol–water partition coefficient (Wildman–Crippen LogP) is -2.01. The van der Waals surface area contributed by atoms with E-state index in [2.05, 4.69) is 20.0 Å². The zero-order valence-corrected chi connectivity index (χ0v) is 13.3. The van der Waals surface area contributed by atoms with Crippen LogP contribution in [0.3, 0.4) is 0 Å². The molecule has 0 fully saturated rings. The molecular formula is C13H22N6O5. The Kier molecular flexibility index (Phi) is 7.65. The van der Waals surface area contributed by atoms with Crippen LogP contribution in [-0.2, 0) is 9.53 Å². The average molecular weight is 342 g/mol. The molecule has 1 rings (SSSR count). The molecule has 1 aromatic rings. The van der Waals surface area contributed by atoms with Crippen LogP contribution in [0, 0.1) is 0 Å². The van der Waals surface area contributed by atoms with Crippen molar-refractivity contribution in [2.24, 2.45) is 22.2 Å². The van der Waals surface area contributed by atoms with Crippen molar-refractivity contribution < 1.29 is 23.8 Å². The van der Waals surface area contributed by atoms with Crippen LogP contribution in [-0.4, -0.2) is 54.2 Å². The maximum atomic E-state index is 12.1. The van der Waals surface area contributed by atoms with Crippen LogP contribution in [0.2, 0.25) is 0 Å². The Morgan fingerprint density at radius 1 is 1.50 bits per heavy atom. The fourth-order valence-corrected chi connectivity index (χ4v) is 1.77. The Hall–Kier alpha value is -2.66. The van der Waals surface area contributed by atoms with Gasteiger partial charge >= 0.3 is 5.97 Å². The quantitative estimate of drug-likeness (QED) is 0.146. The highest BCUT2D eigenvalue weighted by atomic mass is 16.5. The van der Waals surface area contributed by atoms with Gasteiger partial charge in [0.25, 0.3) is 5.91 Å². The number of aliphatic imine (C=N–C) groups is 1. The smallest absolute Gasteiger partial charge is 0.328 e. The van der Waals surface area contributed by atoms with Crippen molar-refractivity contribution in [2.45, 2.75) is 24.9 Å². The maximum Gasteiger partial charge on any atom is 0.328 e. The zero-order chi connectivity index (χ0) is 18.1. The van der Waals surface area contributed by atoms with Crippen molar-refractivity contribution in [1.82, 2.24) is 10.3 Å². The highest BCUT2D eigenvalue weighted by molar-refractivity contribution is 5.94. The largest absolute Gasteiger partial charge is 0.467 e. The van der Waals surface area contributed by atoms with Gasteiger partial charge in [-0.15, -0.1) is 0 Å². The summed E-state index contributed by atoms with van der Waals surface area (Å²) in [5.74, 6) is -1.27. The molecule has 0 aliphatic carbocycles. The normalized spacial score (nSPS) is 13.0. The molecule has 2 atom stereocenters. The number of aliphatic hydroxyl groups excluding tert-OH is 1. The molecule has 0 aliphatic heterocycles. The number of oxazole rings is 1. The topological polar surface area (TPSA) is 192 Å². The molecule has 11 nitrogen and oxygen atoms in total. The monoisotopic (exact) mass is 342 g/mol. The fraction of sp³-hybridized carbons (Fsp3) is 0.538. The first kappa shape index (κ1) is 19.4. The third-order valence-electron chi connectivity index (χ3n) is 3.00. The summed E-state index contributed by atoms with van der Waals surface area (Å²) < 4.78 is 9.67. The van der Waals surface area contributed by atoms with Crippen LogP contribution < -0.4 is 22.5 Å². The number of nitrogens with zero attached hydrogens (tertiary/aromatic N) is 2. The van der Waals surface area contributed by atoms with Gasteiger partial charge in [0.15, 0.2) is 11.7 Å². The van der Waals surface area contributed by atoms with E-state index < -0.39 is 24.0 Å². The van der Waals surface area contributed by atoms with Gasteiger partial charge in [0, 0.05) is 6.54 Å². The van der Waals surface area contributed by atoms with Gasteiger partial charge < -0.3 is 36.8 Å². The lowest BCUT2D eigenvalue weighted by atomic mass is 10.1. The van der Waals surface area contributed by atoms with Gasteiger partial charge in [-0.1, -0.05) is 0 Å². The first-order chi connectivity index (χ1) is 11.4. The number of aromatic nitrogens is 1. The van der Waals surface area contributed by atoms with Crippen molar-refractivity contribution in [3.63, 3.8) is 0 Å². The van der Waals surface area contributed by atoms with E-state index in [9.17, 15) is 9.59 Å². The Morgan fingerprint density at radius 2 is 2.21 bits per heavy atom. The number of methoxy groups -OCH3 is 1. The van der Waals surface area contributed by atoms with E-state index in [-0.39, 0.29) is 30.6 Å². The molecule has 134 valence electrons. The molecule has 1 heterocycles. The lowest BCUT2D eigenvalue weighted by molar-refractivity contribution is -0.143. The highest BCUT2D eigenvalue weighted by Gasteiger charge is 2.24. The molecule has 0 bridgehead atoms. The molecular weight excluding hydrogens is 320 g/mol. The SMILES string of the molecule is COC(=O)C(CCCN=C(N)N)NC(=O)c1coc(C(N)CO)n1. The summed E-state index contributed by atoms with van der Waals surface area (Å²) in [6.07, 6.45) is 1.82. The number of ether oxygens (including phenoxy) is 1. The van der Waals surface area contributed by atoms with Crippen molar-refractivity contribution in [3.05, 3.63) is 17.8 Å². The molecule has 2 unspecified atom stereocenters. The number of hydrogen-bond donors (Lipinski definition) is 5. The summed E-state index contributed by atoms with van der Waals surface area (Å²) in [6, 6.07) is -1.72. The Morgan fingerprint density at radius 3 is 2.79 bits per heavy atom. The van der Waals surface area contributed by atoms with E-state index in [1.165, 1.54) is 7.11 Å². The molecule has 1 amide bonds. The van der Waals surface area contributed by atoms with Gasteiger partial charge in [0.1, 0.15) is 18.3 Å². The highest BCUT2D eigenvalue weighted by Crippen LogP contribution is 2.10. The number of carbonyl (C=O) groups is 2. The first-order valence-corrected chi connectivity index (χ1v) is 7.15. The molecule has 0 spiro atoms. The number of nitrogens with two attached hydrogens (primary N) is 3. The second-order valence-electron chi connectivity index (χ2n) is 4.86. The lowest BCUT2D eigenvalue weighted by Gasteiger charge is -2.15. The molecule has 0 saturated heterocycles. The molecule has 11 heteroatoms. The average Bonchev–Trinajstić information content (AvgIpc) is 3.05. The van der Waals surface area contributed by atoms with Gasteiger partial charge in [0.2, 0.25) is 5.89 Å². The molecule has 0 saturated carbocycles. The minimum absolute atomic E-state index is 0.0185. The second kappa shape index (κ2) is 9.47. The number of carbonyl (C=O) groups excluding carboxylic acids is 2. The lowest BCUT2D eigenvalue weighted by Crippen LogP contribution is -2.41. The fourth-order valence-electron chi connectivity index (χ4n) is 1.77. The summed E-state index contributed by atoms with van der Waals surface area (Å²) in [4.78, 5) is 31.5. The summed E-state index contributed by atoms with van der Waals surface area (Å²) >= 11 is 0. The van der Waals surface area contributed by atoms with E-state index in [1.54, 1.807) is 0 Å². The Labute approximate surface area is 138 Å². The van der Waals surface area contributed by atoms with E-state index in [1.807, 2.05) is 0 Å². The molecule has 0 radical (unpaired) electrons. The summed E-state index contributed by atoms with van der Waals surface area (Å²) in [7, 11) is 1.21. The molecule has 1 aromatic heterocycles. The van der Waals surface area contributed by atoms with Crippen LogP contribution in [0.4, 0.5) is 0 Å². The van der Waals surface area contributed by atoms with Gasteiger partial charge in [-0.05, 0) is 12.8 Å². The van der Waals surface area contributed by atoms with Gasteiger partial charge in [-0.25, -0.2) is 9.78 Å². The Bertz CT molecular complexity index is 583. The van der Waals surface area contributed by atoms with Crippen molar-refractivity contribution in [2.75, 3.05) is 20.3 Å². The second-order valence-corrected chi connectivity index (χ2v) is 4.86. The molecule has 8 N–H and O–H groups in total. The van der Waals surface area contributed by atoms with Gasteiger partial charge in [0.05, 0.1) is 13.7 Å². The van der Waals surface area contributed by atoms with E-state index in [0.29, 0.717) is 13.0 Å². The predicted molar refractivity (Wildman–Crippen MR) is 83.7 cm³/mol. The Balaban J connectivity index is 2.68. The summed E-state index contributed by atoms with van der Waals surface area (Å²) in [6.45, 7) is -0.0672. The van der Waals surface area contributed by atoms with E-state index in [0.717, 1.165) is 6.26 Å². The molecule has 24 heavy (non-hydrogen) atoms. The number of hydrogen-bond acceptors (Lipinski definition) is 8. The van der Waals surface area contributed by atoms with E-state index >= 15 is 0 Å². The first-order valence-electron chi connectivity index (χ1n) is 7.15. The third kappa shape index (κ3) is 5.85. The third-order valence-corrected chi connectivity index (χ3v) is 3.00. The van der Waals surface area contributed by atoms with Gasteiger partial charge in [-0.2, -0.15) is 0 Å². The van der Waals surface area contributed by atoms with Crippen LogP contribution in [0.15, 0.2) is 15.7 Å². The zero-order valence-electron chi connectivity index (χ0n) is 13.3. The van der Waals surface area contributed by atoms with Crippen LogP contribution in [0.25, 0.3) is 0 Å². The number of rotatable bonds is 9. The van der Waals surface area contributed by atoms with Crippen LogP contribution >= 0.6 is 0 Å². The number of nitrogens with one attached hydrogen (secondary N) is 1. The maximum absolute atomic E-state index is 12.1.